The van der Waals surface area contributed by atoms with Gasteiger partial charge in [-0.2, -0.15) is 0 Å². The fourth-order valence-corrected chi connectivity index (χ4v) is 3.38. The van der Waals surface area contributed by atoms with Crippen molar-refractivity contribution >= 4 is 28.8 Å². The third kappa shape index (κ3) is 4.39. The summed E-state index contributed by atoms with van der Waals surface area (Å²) in [5.41, 5.74) is 1.99. The van der Waals surface area contributed by atoms with Crippen molar-refractivity contribution in [1.29, 1.82) is 0 Å². The topological polar surface area (TPSA) is 58.6 Å². The zero-order chi connectivity index (χ0) is 22.7. The molecular weight excluding hydrogens is 407 g/mol. The van der Waals surface area contributed by atoms with Crippen LogP contribution in [0.3, 0.4) is 0 Å². The Balaban J connectivity index is 1.68. The van der Waals surface area contributed by atoms with E-state index < -0.39 is 11.8 Å². The van der Waals surface area contributed by atoms with Gasteiger partial charge in [0.1, 0.15) is 17.3 Å². The lowest BCUT2D eigenvalue weighted by Crippen LogP contribution is -2.32. The molecule has 0 atom stereocenters. The smallest absolute Gasteiger partial charge is 0.282 e. The van der Waals surface area contributed by atoms with Gasteiger partial charge >= 0.3 is 0 Å². The predicted octanol–water partition coefficient (Wildman–Crippen LogP) is 5.26. The molecule has 1 N–H and O–H groups in total. The van der Waals surface area contributed by atoms with E-state index in [1.165, 1.54) is 24.3 Å². The Kier molecular flexibility index (Phi) is 6.03. The van der Waals surface area contributed by atoms with Crippen LogP contribution in [0.2, 0.25) is 0 Å². The Morgan fingerprint density at radius 2 is 1.53 bits per heavy atom. The van der Waals surface area contributed by atoms with E-state index in [9.17, 15) is 14.0 Å². The van der Waals surface area contributed by atoms with Crippen LogP contribution in [0.25, 0.3) is 5.57 Å². The van der Waals surface area contributed by atoms with Crippen molar-refractivity contribution in [2.45, 2.75) is 13.8 Å². The van der Waals surface area contributed by atoms with Gasteiger partial charge in [-0.3, -0.25) is 9.59 Å². The van der Waals surface area contributed by atoms with Crippen molar-refractivity contribution in [3.63, 3.8) is 0 Å². The predicted molar refractivity (Wildman–Crippen MR) is 123 cm³/mol. The molecular formula is C26H23FN2O3. The van der Waals surface area contributed by atoms with Gasteiger partial charge in [0.05, 0.1) is 17.9 Å². The third-order valence-corrected chi connectivity index (χ3v) is 4.94. The first kappa shape index (κ1) is 21.3. The average Bonchev–Trinajstić information content (AvgIpc) is 3.04. The highest BCUT2D eigenvalue weighted by atomic mass is 19.1. The maximum Gasteiger partial charge on any atom is 0.282 e. The largest absolute Gasteiger partial charge is 0.493 e. The number of amides is 2. The number of rotatable bonds is 7. The number of hydrogen-bond donors (Lipinski definition) is 1. The van der Waals surface area contributed by atoms with E-state index in [0.717, 1.165) is 4.90 Å². The van der Waals surface area contributed by atoms with E-state index in [2.05, 4.69) is 19.2 Å². The van der Waals surface area contributed by atoms with Crippen LogP contribution in [0.1, 0.15) is 19.4 Å². The molecule has 6 heteroatoms. The number of halogens is 1. The molecule has 162 valence electrons. The molecule has 1 heterocycles. The number of imide groups is 1. The fraction of sp³-hybridized carbons (Fsp3) is 0.154. The second kappa shape index (κ2) is 9.06. The Hall–Kier alpha value is -3.93. The summed E-state index contributed by atoms with van der Waals surface area (Å²) < 4.78 is 19.0. The number of hydrogen-bond acceptors (Lipinski definition) is 4. The zero-order valence-corrected chi connectivity index (χ0v) is 17.8. The van der Waals surface area contributed by atoms with Crippen LogP contribution in [0.15, 0.2) is 84.6 Å². The van der Waals surface area contributed by atoms with Crippen molar-refractivity contribution in [2.24, 2.45) is 5.92 Å². The highest BCUT2D eigenvalue weighted by Gasteiger charge is 2.40. The number of ether oxygens (including phenoxy) is 1. The molecule has 0 aromatic heterocycles. The van der Waals surface area contributed by atoms with E-state index in [1.54, 1.807) is 48.5 Å². The standard InChI is InChI=1S/C26H23FN2O3/c1-17(2)16-32-22-14-12-21(13-15-22)29-25(30)23(18-6-4-3-5-7-18)24(26(29)31)28-20-10-8-19(27)9-11-20/h3-15,17,28H,16H2,1-2H3. The van der Waals surface area contributed by atoms with E-state index in [-0.39, 0.29) is 17.1 Å². The van der Waals surface area contributed by atoms with E-state index >= 15 is 0 Å². The van der Waals surface area contributed by atoms with Gasteiger partial charge < -0.3 is 10.1 Å². The molecule has 3 aromatic rings. The number of nitrogens with zero attached hydrogens (tertiary/aromatic N) is 1. The van der Waals surface area contributed by atoms with Crippen LogP contribution < -0.4 is 15.0 Å². The molecule has 3 aromatic carbocycles. The second-order valence-corrected chi connectivity index (χ2v) is 7.89. The molecule has 1 aliphatic heterocycles. The first-order valence-corrected chi connectivity index (χ1v) is 10.4. The monoisotopic (exact) mass is 430 g/mol. The lowest BCUT2D eigenvalue weighted by Gasteiger charge is -2.16. The lowest BCUT2D eigenvalue weighted by molar-refractivity contribution is -0.120. The second-order valence-electron chi connectivity index (χ2n) is 7.89. The summed E-state index contributed by atoms with van der Waals surface area (Å²) >= 11 is 0. The minimum absolute atomic E-state index is 0.146. The zero-order valence-electron chi connectivity index (χ0n) is 17.8. The summed E-state index contributed by atoms with van der Waals surface area (Å²) in [5.74, 6) is -0.240. The first-order valence-electron chi connectivity index (χ1n) is 10.4. The SMILES string of the molecule is CC(C)COc1ccc(N2C(=O)C(Nc3ccc(F)cc3)=C(c3ccccc3)C2=O)cc1. The van der Waals surface area contributed by atoms with Crippen LogP contribution in [0.5, 0.6) is 5.75 Å². The fourth-order valence-electron chi connectivity index (χ4n) is 3.38. The van der Waals surface area contributed by atoms with Gasteiger partial charge in [0.15, 0.2) is 0 Å². The van der Waals surface area contributed by atoms with Gasteiger partial charge in [-0.1, -0.05) is 44.2 Å². The first-order chi connectivity index (χ1) is 15.4. The molecule has 0 aliphatic carbocycles. The highest BCUT2D eigenvalue weighted by Crippen LogP contribution is 2.34. The Labute approximate surface area is 186 Å². The summed E-state index contributed by atoms with van der Waals surface area (Å²) in [4.78, 5) is 27.9. The van der Waals surface area contributed by atoms with Crippen LogP contribution in [0, 0.1) is 11.7 Å². The molecule has 5 nitrogen and oxygen atoms in total. The Morgan fingerprint density at radius 1 is 0.875 bits per heavy atom. The van der Waals surface area contributed by atoms with Gasteiger partial charge in [0, 0.05) is 5.69 Å². The maximum atomic E-state index is 13.4. The van der Waals surface area contributed by atoms with Gasteiger partial charge in [-0.15, -0.1) is 0 Å². The Morgan fingerprint density at radius 3 is 2.16 bits per heavy atom. The number of carbonyl (C=O) groups excluding carboxylic acids is 2. The number of carbonyl (C=O) groups is 2. The third-order valence-electron chi connectivity index (χ3n) is 4.94. The van der Waals surface area contributed by atoms with Crippen LogP contribution in [0.4, 0.5) is 15.8 Å². The minimum Gasteiger partial charge on any atom is -0.493 e. The lowest BCUT2D eigenvalue weighted by atomic mass is 10.0. The van der Waals surface area contributed by atoms with Gasteiger partial charge in [-0.05, 0) is 60.0 Å². The minimum atomic E-state index is -0.478. The molecule has 0 fully saturated rings. The summed E-state index contributed by atoms with van der Waals surface area (Å²) in [7, 11) is 0. The number of benzene rings is 3. The van der Waals surface area contributed by atoms with Crippen molar-refractivity contribution in [3.8, 4) is 5.75 Å². The van der Waals surface area contributed by atoms with Crippen LogP contribution in [-0.4, -0.2) is 18.4 Å². The molecule has 0 saturated carbocycles. The van der Waals surface area contributed by atoms with Gasteiger partial charge in [0.2, 0.25) is 0 Å². The normalized spacial score (nSPS) is 13.8. The van der Waals surface area contributed by atoms with Crippen molar-refractivity contribution in [1.82, 2.24) is 0 Å². The average molecular weight is 430 g/mol. The number of nitrogens with one attached hydrogen (secondary N) is 1. The van der Waals surface area contributed by atoms with Crippen molar-refractivity contribution in [2.75, 3.05) is 16.8 Å². The highest BCUT2D eigenvalue weighted by molar-refractivity contribution is 6.46. The van der Waals surface area contributed by atoms with Crippen molar-refractivity contribution in [3.05, 3.63) is 95.9 Å². The molecule has 0 radical (unpaired) electrons. The van der Waals surface area contributed by atoms with E-state index in [4.69, 9.17) is 4.74 Å². The van der Waals surface area contributed by atoms with Gasteiger partial charge in [-0.25, -0.2) is 9.29 Å². The molecule has 32 heavy (non-hydrogen) atoms. The van der Waals surface area contributed by atoms with E-state index in [0.29, 0.717) is 35.2 Å². The molecule has 2 amide bonds. The van der Waals surface area contributed by atoms with Crippen LogP contribution >= 0.6 is 0 Å². The summed E-state index contributed by atoms with van der Waals surface area (Å²) in [5, 5.41) is 3.02. The van der Waals surface area contributed by atoms with Crippen LogP contribution in [-0.2, 0) is 9.59 Å². The molecule has 0 bridgehead atoms. The maximum absolute atomic E-state index is 13.4. The Bertz CT molecular complexity index is 1150. The molecule has 0 saturated heterocycles. The molecule has 0 unspecified atom stereocenters. The van der Waals surface area contributed by atoms with Crippen molar-refractivity contribution < 1.29 is 18.7 Å². The summed E-state index contributed by atoms with van der Waals surface area (Å²) in [6.07, 6.45) is 0. The summed E-state index contributed by atoms with van der Waals surface area (Å²) in [6.45, 7) is 4.69. The van der Waals surface area contributed by atoms with E-state index in [1.807, 2.05) is 6.07 Å². The van der Waals surface area contributed by atoms with Gasteiger partial charge in [0.25, 0.3) is 11.8 Å². The molecule has 4 rings (SSSR count). The quantitative estimate of drug-likeness (QED) is 0.520. The molecule has 0 spiro atoms. The molecule has 1 aliphatic rings. The number of anilines is 2. The summed E-state index contributed by atoms with van der Waals surface area (Å²) in [6, 6.07) is 21.5.